The SMILES string of the molecule is CC1(C)O[C@@H]([C@@](C)(O)/C=C/Br)C[C@H]1Br. The normalized spacial score (nSPS) is 36.1. The van der Waals surface area contributed by atoms with Crippen LogP contribution in [0.5, 0.6) is 0 Å². The van der Waals surface area contributed by atoms with Crippen LogP contribution in [0, 0.1) is 0 Å². The molecular formula is C10H16Br2O2. The Labute approximate surface area is 102 Å². The van der Waals surface area contributed by atoms with Gasteiger partial charge in [-0.2, -0.15) is 0 Å². The van der Waals surface area contributed by atoms with Crippen LogP contribution in [-0.4, -0.2) is 27.2 Å². The summed E-state index contributed by atoms with van der Waals surface area (Å²) in [5, 5.41) is 10.1. The Morgan fingerprint density at radius 3 is 2.50 bits per heavy atom. The van der Waals surface area contributed by atoms with Gasteiger partial charge >= 0.3 is 0 Å². The highest BCUT2D eigenvalue weighted by Gasteiger charge is 2.46. The molecule has 0 aromatic carbocycles. The lowest BCUT2D eigenvalue weighted by Gasteiger charge is -2.28. The summed E-state index contributed by atoms with van der Waals surface area (Å²) in [7, 11) is 0. The molecule has 0 amide bonds. The third kappa shape index (κ3) is 2.60. The molecule has 0 aliphatic carbocycles. The van der Waals surface area contributed by atoms with Gasteiger partial charge in [0.25, 0.3) is 0 Å². The van der Waals surface area contributed by atoms with Gasteiger partial charge in [-0.05, 0) is 38.3 Å². The number of rotatable bonds is 2. The molecule has 0 radical (unpaired) electrons. The lowest BCUT2D eigenvalue weighted by atomic mass is 9.96. The standard InChI is InChI=1S/C10H16Br2O2/c1-9(2)7(12)6-8(14-9)10(3,13)4-5-11/h4-5,7-8,13H,6H2,1-3H3/b5-4+/t7-,8-,10+/m1/s1. The summed E-state index contributed by atoms with van der Waals surface area (Å²) < 4.78 is 5.81. The van der Waals surface area contributed by atoms with Gasteiger partial charge in [-0.1, -0.05) is 31.9 Å². The molecule has 0 bridgehead atoms. The Morgan fingerprint density at radius 1 is 1.57 bits per heavy atom. The van der Waals surface area contributed by atoms with Crippen molar-refractivity contribution < 1.29 is 9.84 Å². The second kappa shape index (κ2) is 4.24. The Bertz CT molecular complexity index is 236. The highest BCUT2D eigenvalue weighted by molar-refractivity contribution is 9.11. The van der Waals surface area contributed by atoms with Crippen molar-refractivity contribution in [3.63, 3.8) is 0 Å². The van der Waals surface area contributed by atoms with Gasteiger partial charge in [-0.3, -0.25) is 0 Å². The summed E-state index contributed by atoms with van der Waals surface area (Å²) in [5.41, 5.74) is -1.13. The Hall–Kier alpha value is 0.620. The summed E-state index contributed by atoms with van der Waals surface area (Å²) in [6, 6.07) is 0. The Kier molecular flexibility index (Phi) is 3.84. The van der Waals surface area contributed by atoms with E-state index in [4.69, 9.17) is 4.74 Å². The van der Waals surface area contributed by atoms with Crippen molar-refractivity contribution >= 4 is 31.9 Å². The van der Waals surface area contributed by atoms with Gasteiger partial charge in [0.15, 0.2) is 0 Å². The van der Waals surface area contributed by atoms with Crippen LogP contribution in [0.1, 0.15) is 27.2 Å². The summed E-state index contributed by atoms with van der Waals surface area (Å²) >= 11 is 6.74. The molecule has 14 heavy (non-hydrogen) atoms. The van der Waals surface area contributed by atoms with E-state index in [1.807, 2.05) is 13.8 Å². The largest absolute Gasteiger partial charge is 0.383 e. The van der Waals surface area contributed by atoms with E-state index in [9.17, 15) is 5.11 Å². The first kappa shape index (κ1) is 12.7. The predicted octanol–water partition coefficient (Wildman–Crippen LogP) is 2.98. The van der Waals surface area contributed by atoms with Gasteiger partial charge in [-0.25, -0.2) is 0 Å². The first-order valence-electron chi connectivity index (χ1n) is 4.62. The molecule has 3 atom stereocenters. The molecule has 1 fully saturated rings. The number of hydrogen-bond donors (Lipinski definition) is 1. The van der Waals surface area contributed by atoms with Crippen LogP contribution in [0.15, 0.2) is 11.1 Å². The third-order valence-corrected chi connectivity index (χ3v) is 4.41. The summed E-state index contributed by atoms with van der Waals surface area (Å²) in [5.74, 6) is 0. The molecule has 1 rings (SSSR count). The van der Waals surface area contributed by atoms with Crippen molar-refractivity contribution in [2.45, 2.75) is 49.3 Å². The van der Waals surface area contributed by atoms with Crippen LogP contribution in [0.25, 0.3) is 0 Å². The molecule has 0 spiro atoms. The van der Waals surface area contributed by atoms with E-state index >= 15 is 0 Å². The van der Waals surface area contributed by atoms with E-state index in [1.54, 1.807) is 18.0 Å². The molecule has 0 unspecified atom stereocenters. The smallest absolute Gasteiger partial charge is 0.107 e. The molecule has 2 nitrogen and oxygen atoms in total. The third-order valence-electron chi connectivity index (χ3n) is 2.67. The fourth-order valence-corrected chi connectivity index (χ4v) is 2.54. The van der Waals surface area contributed by atoms with Crippen LogP contribution in [-0.2, 0) is 4.74 Å². The quantitative estimate of drug-likeness (QED) is 0.790. The second-order valence-electron chi connectivity index (χ2n) is 4.43. The van der Waals surface area contributed by atoms with E-state index in [0.717, 1.165) is 6.42 Å². The van der Waals surface area contributed by atoms with Crippen LogP contribution in [0.4, 0.5) is 0 Å². The molecule has 4 heteroatoms. The van der Waals surface area contributed by atoms with E-state index < -0.39 is 5.60 Å². The number of halogens is 2. The van der Waals surface area contributed by atoms with Crippen molar-refractivity contribution in [3.8, 4) is 0 Å². The minimum absolute atomic E-state index is 0.157. The molecule has 1 aliphatic rings. The zero-order valence-electron chi connectivity index (χ0n) is 8.63. The molecule has 0 saturated carbocycles. The maximum absolute atomic E-state index is 10.1. The zero-order valence-corrected chi connectivity index (χ0v) is 11.8. The van der Waals surface area contributed by atoms with Gasteiger partial charge in [0, 0.05) is 4.83 Å². The lowest BCUT2D eigenvalue weighted by molar-refractivity contribution is -0.0951. The molecular weight excluding hydrogens is 312 g/mol. The Balaban J connectivity index is 2.75. The average molecular weight is 328 g/mol. The van der Waals surface area contributed by atoms with Crippen LogP contribution in [0.2, 0.25) is 0 Å². The highest BCUT2D eigenvalue weighted by Crippen LogP contribution is 2.39. The number of aliphatic hydroxyl groups is 1. The average Bonchev–Trinajstić information content (AvgIpc) is 2.27. The molecule has 1 aliphatic heterocycles. The van der Waals surface area contributed by atoms with Crippen molar-refractivity contribution in [2.24, 2.45) is 0 Å². The van der Waals surface area contributed by atoms with Crippen molar-refractivity contribution in [1.82, 2.24) is 0 Å². The fourth-order valence-electron chi connectivity index (χ4n) is 1.55. The van der Waals surface area contributed by atoms with Crippen LogP contribution < -0.4 is 0 Å². The molecule has 1 heterocycles. The van der Waals surface area contributed by atoms with Gasteiger partial charge in [0.1, 0.15) is 5.60 Å². The van der Waals surface area contributed by atoms with Gasteiger partial charge in [0.05, 0.1) is 11.7 Å². The van der Waals surface area contributed by atoms with Crippen molar-refractivity contribution in [3.05, 3.63) is 11.1 Å². The van der Waals surface area contributed by atoms with Gasteiger partial charge < -0.3 is 9.84 Å². The van der Waals surface area contributed by atoms with Crippen molar-refractivity contribution in [1.29, 1.82) is 0 Å². The van der Waals surface area contributed by atoms with Crippen molar-refractivity contribution in [2.75, 3.05) is 0 Å². The zero-order chi connectivity index (χ0) is 11.0. The maximum Gasteiger partial charge on any atom is 0.107 e. The van der Waals surface area contributed by atoms with Gasteiger partial charge in [0.2, 0.25) is 0 Å². The second-order valence-corrected chi connectivity index (χ2v) is 6.07. The molecule has 0 aromatic heterocycles. The minimum atomic E-state index is -0.913. The highest BCUT2D eigenvalue weighted by atomic mass is 79.9. The summed E-state index contributed by atoms with van der Waals surface area (Å²) in [6.07, 6.45) is 2.37. The number of ether oxygens (including phenoxy) is 1. The van der Waals surface area contributed by atoms with E-state index in [-0.39, 0.29) is 16.5 Å². The molecule has 1 N–H and O–H groups in total. The van der Waals surface area contributed by atoms with E-state index in [0.29, 0.717) is 0 Å². The molecule has 1 saturated heterocycles. The fraction of sp³-hybridized carbons (Fsp3) is 0.800. The van der Waals surface area contributed by atoms with Crippen LogP contribution >= 0.6 is 31.9 Å². The van der Waals surface area contributed by atoms with Gasteiger partial charge in [-0.15, -0.1) is 0 Å². The van der Waals surface area contributed by atoms with E-state index in [2.05, 4.69) is 31.9 Å². The lowest BCUT2D eigenvalue weighted by Crippen LogP contribution is -2.38. The van der Waals surface area contributed by atoms with Crippen LogP contribution in [0.3, 0.4) is 0 Å². The molecule has 0 aromatic rings. The molecule has 82 valence electrons. The topological polar surface area (TPSA) is 29.5 Å². The first-order chi connectivity index (χ1) is 6.29. The monoisotopic (exact) mass is 326 g/mol. The first-order valence-corrected chi connectivity index (χ1v) is 6.45. The van der Waals surface area contributed by atoms with E-state index in [1.165, 1.54) is 0 Å². The summed E-state index contributed by atoms with van der Waals surface area (Å²) in [6.45, 7) is 5.82. The number of hydrogen-bond acceptors (Lipinski definition) is 2. The summed E-state index contributed by atoms with van der Waals surface area (Å²) in [4.78, 5) is 1.96. The predicted molar refractivity (Wildman–Crippen MR) is 65.0 cm³/mol. The minimum Gasteiger partial charge on any atom is -0.383 e. The maximum atomic E-state index is 10.1. The Morgan fingerprint density at radius 2 is 2.14 bits per heavy atom. The number of alkyl halides is 1.